The fourth-order valence-electron chi connectivity index (χ4n) is 1.54. The third kappa shape index (κ3) is 2.72. The summed E-state index contributed by atoms with van der Waals surface area (Å²) in [6.45, 7) is 5.78. The van der Waals surface area contributed by atoms with Gasteiger partial charge in [-0.15, -0.1) is 0 Å². The lowest BCUT2D eigenvalue weighted by Crippen LogP contribution is -2.18. The zero-order chi connectivity index (χ0) is 12.1. The van der Waals surface area contributed by atoms with Crippen LogP contribution in [0.4, 0.5) is 0 Å². The van der Waals surface area contributed by atoms with Crippen LogP contribution in [0, 0.1) is 6.92 Å². The number of aryl methyl sites for hydroxylation is 2. The molecule has 0 aliphatic heterocycles. The second-order valence-corrected chi connectivity index (χ2v) is 3.63. The van der Waals surface area contributed by atoms with Crippen LogP contribution >= 0.6 is 0 Å². The van der Waals surface area contributed by atoms with Crippen molar-refractivity contribution in [3.05, 3.63) is 33.2 Å². The van der Waals surface area contributed by atoms with Gasteiger partial charge in [0.15, 0.2) is 0 Å². The van der Waals surface area contributed by atoms with E-state index in [1.54, 1.807) is 19.9 Å². The van der Waals surface area contributed by atoms with Crippen LogP contribution in [0.15, 0.2) is 10.9 Å². The van der Waals surface area contributed by atoms with Crippen molar-refractivity contribution in [3.63, 3.8) is 0 Å². The molecule has 4 nitrogen and oxygen atoms in total. The number of aromatic amines is 1. The maximum absolute atomic E-state index is 11.6. The molecule has 0 radical (unpaired) electrons. The fraction of sp³-hybridized carbons (Fsp3) is 0.500. The Labute approximate surface area is 94.6 Å². The average molecular weight is 223 g/mol. The van der Waals surface area contributed by atoms with Gasteiger partial charge in [-0.2, -0.15) is 0 Å². The molecule has 0 aromatic carbocycles. The zero-order valence-electron chi connectivity index (χ0n) is 9.92. The topological polar surface area (TPSA) is 59.2 Å². The molecule has 0 saturated carbocycles. The normalized spacial score (nSPS) is 10.2. The maximum atomic E-state index is 11.6. The summed E-state index contributed by atoms with van der Waals surface area (Å²) < 4.78 is 4.92. The molecule has 0 amide bonds. The van der Waals surface area contributed by atoms with Crippen LogP contribution in [0.25, 0.3) is 0 Å². The predicted molar refractivity (Wildman–Crippen MR) is 61.8 cm³/mol. The molecule has 1 N–H and O–H groups in total. The van der Waals surface area contributed by atoms with Crippen LogP contribution in [-0.2, 0) is 11.2 Å². The maximum Gasteiger partial charge on any atom is 0.339 e. The number of aromatic nitrogens is 1. The van der Waals surface area contributed by atoms with Crippen molar-refractivity contribution in [2.24, 2.45) is 0 Å². The average Bonchev–Trinajstić information content (AvgIpc) is 2.22. The third-order valence-electron chi connectivity index (χ3n) is 2.33. The highest BCUT2D eigenvalue weighted by Crippen LogP contribution is 2.08. The number of carbonyl (C=O) groups excluding carboxylic acids is 1. The Bertz CT molecular complexity index is 434. The number of H-pyrrole nitrogens is 1. The molecule has 0 saturated heterocycles. The minimum absolute atomic E-state index is 0.118. The van der Waals surface area contributed by atoms with Gasteiger partial charge in [0, 0.05) is 11.3 Å². The molecule has 1 aromatic rings. The van der Waals surface area contributed by atoms with Crippen LogP contribution in [-0.4, -0.2) is 17.6 Å². The molecule has 0 aliphatic rings. The van der Waals surface area contributed by atoms with E-state index in [9.17, 15) is 9.59 Å². The molecule has 1 rings (SSSR count). The lowest BCUT2D eigenvalue weighted by molar-refractivity contribution is 0.0524. The molecule has 0 spiro atoms. The fourth-order valence-corrected chi connectivity index (χ4v) is 1.54. The summed E-state index contributed by atoms with van der Waals surface area (Å²) in [6.07, 6.45) is 1.54. The van der Waals surface area contributed by atoms with Crippen molar-refractivity contribution in [1.29, 1.82) is 0 Å². The van der Waals surface area contributed by atoms with Gasteiger partial charge in [-0.05, 0) is 26.3 Å². The number of ether oxygens (including phenoxy) is 1. The Balaban J connectivity index is 3.14. The van der Waals surface area contributed by atoms with Crippen molar-refractivity contribution in [2.75, 3.05) is 6.61 Å². The van der Waals surface area contributed by atoms with E-state index in [-0.39, 0.29) is 11.5 Å². The second-order valence-electron chi connectivity index (χ2n) is 3.63. The molecule has 1 aromatic heterocycles. The summed E-state index contributed by atoms with van der Waals surface area (Å²) in [5.74, 6) is -0.381. The van der Waals surface area contributed by atoms with E-state index in [1.807, 2.05) is 6.92 Å². The first kappa shape index (κ1) is 12.5. The van der Waals surface area contributed by atoms with E-state index in [0.29, 0.717) is 29.8 Å². The van der Waals surface area contributed by atoms with Gasteiger partial charge < -0.3 is 9.72 Å². The van der Waals surface area contributed by atoms with Gasteiger partial charge in [-0.25, -0.2) is 4.79 Å². The Morgan fingerprint density at radius 1 is 1.44 bits per heavy atom. The Hall–Kier alpha value is -1.58. The Morgan fingerprint density at radius 2 is 2.12 bits per heavy atom. The minimum Gasteiger partial charge on any atom is -0.462 e. The molecule has 0 aliphatic carbocycles. The number of carbonyl (C=O) groups is 1. The number of hydrogen-bond donors (Lipinski definition) is 1. The van der Waals surface area contributed by atoms with Crippen molar-refractivity contribution >= 4 is 5.97 Å². The van der Waals surface area contributed by atoms with Crippen molar-refractivity contribution < 1.29 is 9.53 Å². The van der Waals surface area contributed by atoms with Crippen LogP contribution in [0.5, 0.6) is 0 Å². The van der Waals surface area contributed by atoms with Crippen molar-refractivity contribution in [2.45, 2.75) is 33.6 Å². The first-order valence-corrected chi connectivity index (χ1v) is 5.50. The smallest absolute Gasteiger partial charge is 0.339 e. The largest absolute Gasteiger partial charge is 0.462 e. The second kappa shape index (κ2) is 5.49. The van der Waals surface area contributed by atoms with E-state index in [4.69, 9.17) is 4.74 Å². The molecule has 4 heteroatoms. The summed E-state index contributed by atoms with van der Waals surface area (Å²) in [7, 11) is 0. The highest BCUT2D eigenvalue weighted by atomic mass is 16.5. The van der Waals surface area contributed by atoms with E-state index in [2.05, 4.69) is 4.98 Å². The molecule has 0 fully saturated rings. The quantitative estimate of drug-likeness (QED) is 0.792. The summed E-state index contributed by atoms with van der Waals surface area (Å²) in [6, 6.07) is 1.63. The third-order valence-corrected chi connectivity index (χ3v) is 2.33. The number of rotatable bonds is 4. The molecule has 16 heavy (non-hydrogen) atoms. The van der Waals surface area contributed by atoms with E-state index < -0.39 is 0 Å². The van der Waals surface area contributed by atoms with E-state index >= 15 is 0 Å². The number of nitrogens with one attached hydrogen (secondary N) is 1. The predicted octanol–water partition coefficient (Wildman–Crippen LogP) is 1.81. The van der Waals surface area contributed by atoms with Crippen LogP contribution in [0.3, 0.4) is 0 Å². The summed E-state index contributed by atoms with van der Waals surface area (Å²) in [4.78, 5) is 25.8. The zero-order valence-corrected chi connectivity index (χ0v) is 9.92. The van der Waals surface area contributed by atoms with E-state index in [1.165, 1.54) is 0 Å². The summed E-state index contributed by atoms with van der Waals surface area (Å²) in [5.41, 5.74) is 1.52. The van der Waals surface area contributed by atoms with Crippen LogP contribution in [0.1, 0.15) is 41.9 Å². The van der Waals surface area contributed by atoms with Gasteiger partial charge in [0.05, 0.1) is 12.2 Å². The van der Waals surface area contributed by atoms with Gasteiger partial charge in [0.1, 0.15) is 0 Å². The minimum atomic E-state index is -0.381. The lowest BCUT2D eigenvalue weighted by Gasteiger charge is -2.07. The lowest BCUT2D eigenvalue weighted by atomic mass is 10.1. The molecule has 0 bridgehead atoms. The summed E-state index contributed by atoms with van der Waals surface area (Å²) >= 11 is 0. The highest BCUT2D eigenvalue weighted by molar-refractivity contribution is 5.90. The van der Waals surface area contributed by atoms with E-state index in [0.717, 1.165) is 6.42 Å². The number of hydrogen-bond acceptors (Lipinski definition) is 3. The monoisotopic (exact) mass is 223 g/mol. The molecule has 0 unspecified atom stereocenters. The number of esters is 1. The van der Waals surface area contributed by atoms with Crippen LogP contribution < -0.4 is 5.56 Å². The molecular formula is C12H17NO3. The number of pyridine rings is 1. The van der Waals surface area contributed by atoms with Crippen LogP contribution in [0.2, 0.25) is 0 Å². The SMILES string of the molecule is CCCc1cc(C(=O)OCC)c(C)[nH]c1=O. The first-order chi connectivity index (χ1) is 7.60. The van der Waals surface area contributed by atoms with Gasteiger partial charge in [0.2, 0.25) is 0 Å². The first-order valence-electron chi connectivity index (χ1n) is 5.50. The van der Waals surface area contributed by atoms with Gasteiger partial charge >= 0.3 is 5.97 Å². The van der Waals surface area contributed by atoms with Gasteiger partial charge in [-0.1, -0.05) is 13.3 Å². The van der Waals surface area contributed by atoms with Gasteiger partial charge in [0.25, 0.3) is 5.56 Å². The summed E-state index contributed by atoms with van der Waals surface area (Å²) in [5, 5.41) is 0. The van der Waals surface area contributed by atoms with Gasteiger partial charge in [-0.3, -0.25) is 4.79 Å². The molecule has 88 valence electrons. The highest BCUT2D eigenvalue weighted by Gasteiger charge is 2.13. The van der Waals surface area contributed by atoms with Crippen molar-refractivity contribution in [3.8, 4) is 0 Å². The molecule has 0 atom stereocenters. The standard InChI is InChI=1S/C12H17NO3/c1-4-6-9-7-10(12(15)16-5-2)8(3)13-11(9)14/h7H,4-6H2,1-3H3,(H,13,14). The Morgan fingerprint density at radius 3 is 2.69 bits per heavy atom. The Kier molecular flexibility index (Phi) is 4.28. The van der Waals surface area contributed by atoms with Crippen molar-refractivity contribution in [1.82, 2.24) is 4.98 Å². The molecular weight excluding hydrogens is 206 g/mol. The molecule has 1 heterocycles.